The molecule has 2 rings (SSSR count). The molecule has 1 aliphatic rings. The molecule has 6 nitrogen and oxygen atoms in total. The van der Waals surface area contributed by atoms with Gasteiger partial charge in [-0.15, -0.1) is 0 Å². The van der Waals surface area contributed by atoms with Crippen LogP contribution < -0.4 is 9.62 Å². The number of hydrogen-bond donors (Lipinski definition) is 1. The molecule has 0 bridgehead atoms. The molecule has 2 heterocycles. The van der Waals surface area contributed by atoms with Crippen LogP contribution in [-0.2, 0) is 10.0 Å². The van der Waals surface area contributed by atoms with Gasteiger partial charge in [-0.1, -0.05) is 0 Å². The first-order valence-electron chi connectivity index (χ1n) is 6.34. The van der Waals surface area contributed by atoms with Crippen molar-refractivity contribution < 1.29 is 21.6 Å². The molecule has 120 valence electrons. The number of hydrogen-bond acceptors (Lipinski definition) is 6. The molecule has 0 aromatic carbocycles. The summed E-state index contributed by atoms with van der Waals surface area (Å²) in [5, 5.41) is 0. The zero-order valence-corrected chi connectivity index (χ0v) is 12.6. The van der Waals surface area contributed by atoms with Crippen LogP contribution >= 0.6 is 11.7 Å². The van der Waals surface area contributed by atoms with Gasteiger partial charge in [0.1, 0.15) is 0 Å². The van der Waals surface area contributed by atoms with Crippen molar-refractivity contribution in [2.24, 2.45) is 0 Å². The maximum atomic E-state index is 12.1. The van der Waals surface area contributed by atoms with Gasteiger partial charge in [0.05, 0.1) is 30.1 Å². The SMILES string of the molecule is O=S(=O)(CCC(F)(F)F)NC1CCN(c2cnsn2)CC1. The lowest BCUT2D eigenvalue weighted by atomic mass is 10.1. The van der Waals surface area contributed by atoms with E-state index < -0.39 is 28.4 Å². The molecule has 0 amide bonds. The van der Waals surface area contributed by atoms with Crippen molar-refractivity contribution in [3.63, 3.8) is 0 Å². The van der Waals surface area contributed by atoms with Gasteiger partial charge in [-0.2, -0.15) is 21.9 Å². The second-order valence-corrected chi connectivity index (χ2v) is 7.26. The van der Waals surface area contributed by atoms with Crippen LogP contribution in [0.15, 0.2) is 6.20 Å². The lowest BCUT2D eigenvalue weighted by Gasteiger charge is -2.32. The standard InChI is InChI=1S/C10H15F3N4O2S2/c11-10(12,13)3-6-21(18,19)16-8-1-4-17(5-2-8)9-7-14-20-15-9/h7-8,16H,1-6H2. The number of piperidine rings is 1. The Morgan fingerprint density at radius 2 is 2.05 bits per heavy atom. The highest BCUT2D eigenvalue weighted by molar-refractivity contribution is 7.89. The van der Waals surface area contributed by atoms with Crippen LogP contribution in [0.2, 0.25) is 0 Å². The van der Waals surface area contributed by atoms with E-state index in [0.29, 0.717) is 25.9 Å². The molecule has 0 aliphatic carbocycles. The molecule has 0 saturated carbocycles. The average Bonchev–Trinajstić information content (AvgIpc) is 2.90. The van der Waals surface area contributed by atoms with E-state index in [1.165, 1.54) is 0 Å². The summed E-state index contributed by atoms with van der Waals surface area (Å²) in [7, 11) is -3.90. The highest BCUT2D eigenvalue weighted by atomic mass is 32.2. The molecule has 1 fully saturated rings. The molecule has 0 atom stereocenters. The summed E-state index contributed by atoms with van der Waals surface area (Å²) in [6, 6.07) is -0.328. The minimum absolute atomic E-state index is 0.328. The van der Waals surface area contributed by atoms with Gasteiger partial charge in [0.2, 0.25) is 10.0 Å². The van der Waals surface area contributed by atoms with Crippen molar-refractivity contribution in [3.8, 4) is 0 Å². The fourth-order valence-electron chi connectivity index (χ4n) is 2.09. The quantitative estimate of drug-likeness (QED) is 0.873. The smallest absolute Gasteiger partial charge is 0.354 e. The molecule has 1 aliphatic heterocycles. The lowest BCUT2D eigenvalue weighted by molar-refractivity contribution is -0.130. The summed E-state index contributed by atoms with van der Waals surface area (Å²) in [5.74, 6) is -0.175. The van der Waals surface area contributed by atoms with Crippen molar-refractivity contribution in [1.29, 1.82) is 0 Å². The second kappa shape index (κ2) is 6.44. The van der Waals surface area contributed by atoms with Crippen molar-refractivity contribution in [1.82, 2.24) is 13.5 Å². The van der Waals surface area contributed by atoms with Crippen molar-refractivity contribution in [2.45, 2.75) is 31.5 Å². The Morgan fingerprint density at radius 1 is 1.38 bits per heavy atom. The molecule has 0 radical (unpaired) electrons. The topological polar surface area (TPSA) is 75.2 Å². The van der Waals surface area contributed by atoms with E-state index in [4.69, 9.17) is 0 Å². The lowest BCUT2D eigenvalue weighted by Crippen LogP contribution is -2.45. The van der Waals surface area contributed by atoms with Gasteiger partial charge in [-0.3, -0.25) is 0 Å². The van der Waals surface area contributed by atoms with Crippen LogP contribution in [0, 0.1) is 0 Å². The Balaban J connectivity index is 1.80. The van der Waals surface area contributed by atoms with Crippen molar-refractivity contribution in [3.05, 3.63) is 6.20 Å². The Labute approximate surface area is 124 Å². The van der Waals surface area contributed by atoms with E-state index in [0.717, 1.165) is 17.5 Å². The number of aromatic nitrogens is 2. The minimum atomic E-state index is -4.46. The Bertz CT molecular complexity index is 539. The average molecular weight is 344 g/mol. The monoisotopic (exact) mass is 344 g/mol. The molecular weight excluding hydrogens is 329 g/mol. The molecule has 0 spiro atoms. The first-order valence-corrected chi connectivity index (χ1v) is 8.73. The summed E-state index contributed by atoms with van der Waals surface area (Å²) < 4.78 is 69.7. The number of nitrogens with zero attached hydrogens (tertiary/aromatic N) is 3. The van der Waals surface area contributed by atoms with Gasteiger partial charge in [0.25, 0.3) is 0 Å². The van der Waals surface area contributed by atoms with Gasteiger partial charge in [0.15, 0.2) is 5.82 Å². The molecule has 0 unspecified atom stereocenters. The molecule has 21 heavy (non-hydrogen) atoms. The predicted molar refractivity (Wildman–Crippen MR) is 72.7 cm³/mol. The van der Waals surface area contributed by atoms with E-state index in [1.54, 1.807) is 6.20 Å². The normalized spacial score (nSPS) is 18.1. The largest absolute Gasteiger partial charge is 0.390 e. The van der Waals surface area contributed by atoms with Crippen molar-refractivity contribution >= 4 is 27.6 Å². The number of sulfonamides is 1. The summed E-state index contributed by atoms with van der Waals surface area (Å²) >= 11 is 1.09. The first-order chi connectivity index (χ1) is 9.75. The highest BCUT2D eigenvalue weighted by Crippen LogP contribution is 2.21. The highest BCUT2D eigenvalue weighted by Gasteiger charge is 2.31. The van der Waals surface area contributed by atoms with E-state index in [-0.39, 0.29) is 6.04 Å². The minimum Gasteiger partial charge on any atom is -0.354 e. The maximum Gasteiger partial charge on any atom is 0.390 e. The third-order valence-electron chi connectivity index (χ3n) is 3.17. The summed E-state index contributed by atoms with van der Waals surface area (Å²) in [4.78, 5) is 1.98. The predicted octanol–water partition coefficient (Wildman–Crippen LogP) is 1.38. The van der Waals surface area contributed by atoms with E-state index >= 15 is 0 Å². The number of nitrogens with one attached hydrogen (secondary N) is 1. The van der Waals surface area contributed by atoms with E-state index in [1.807, 2.05) is 4.90 Å². The fraction of sp³-hybridized carbons (Fsp3) is 0.800. The Hall–Kier alpha value is -0.940. The van der Waals surface area contributed by atoms with Crippen LogP contribution in [0.3, 0.4) is 0 Å². The first kappa shape index (κ1) is 16.4. The fourth-order valence-corrected chi connectivity index (χ4v) is 3.88. The molecular formula is C10H15F3N4O2S2. The molecule has 1 aromatic rings. The van der Waals surface area contributed by atoms with E-state index in [9.17, 15) is 21.6 Å². The van der Waals surface area contributed by atoms with Crippen LogP contribution in [0.25, 0.3) is 0 Å². The third-order valence-corrected chi connectivity index (χ3v) is 5.07. The van der Waals surface area contributed by atoms with Crippen molar-refractivity contribution in [2.75, 3.05) is 23.7 Å². The zero-order valence-electron chi connectivity index (χ0n) is 11.0. The molecule has 1 aromatic heterocycles. The van der Waals surface area contributed by atoms with E-state index in [2.05, 4.69) is 13.5 Å². The number of halogens is 3. The van der Waals surface area contributed by atoms with Gasteiger partial charge < -0.3 is 4.90 Å². The van der Waals surface area contributed by atoms with Crippen LogP contribution in [0.5, 0.6) is 0 Å². The number of rotatable bonds is 5. The molecule has 11 heteroatoms. The summed E-state index contributed by atoms with van der Waals surface area (Å²) in [6.07, 6.45) is -3.09. The van der Waals surface area contributed by atoms with Gasteiger partial charge in [-0.05, 0) is 12.8 Å². The second-order valence-electron chi connectivity index (χ2n) is 4.83. The third kappa shape index (κ3) is 5.40. The summed E-state index contributed by atoms with van der Waals surface area (Å²) in [5.41, 5.74) is 0. The van der Waals surface area contributed by atoms with Crippen LogP contribution in [0.4, 0.5) is 19.0 Å². The van der Waals surface area contributed by atoms with Gasteiger partial charge in [0, 0.05) is 19.1 Å². The van der Waals surface area contributed by atoms with Crippen LogP contribution in [0.1, 0.15) is 19.3 Å². The van der Waals surface area contributed by atoms with Crippen LogP contribution in [-0.4, -0.2) is 48.2 Å². The maximum absolute atomic E-state index is 12.1. The number of anilines is 1. The Kier molecular flexibility index (Phi) is 5.04. The Morgan fingerprint density at radius 3 is 2.57 bits per heavy atom. The van der Waals surface area contributed by atoms with Gasteiger partial charge in [-0.25, -0.2) is 13.1 Å². The van der Waals surface area contributed by atoms with Gasteiger partial charge >= 0.3 is 6.18 Å². The summed E-state index contributed by atoms with van der Waals surface area (Å²) in [6.45, 7) is 1.19. The molecule has 1 N–H and O–H groups in total. The zero-order chi connectivity index (χ0) is 15.5. The number of alkyl halides is 3. The molecule has 1 saturated heterocycles.